The molecule has 1 atom stereocenters. The standard InChI is InChI=1S/C15H17ClN4O2/c1-10-17-14(15(22)19-8-4-5-11(19)9-21)18-20(10)13-7-3-2-6-12(13)16/h2-3,6-7,11,21H,4-5,8-9H2,1H3/t11-/m1/s1. The van der Waals surface area contributed by atoms with Crippen molar-refractivity contribution in [3.63, 3.8) is 0 Å². The molecule has 22 heavy (non-hydrogen) atoms. The fourth-order valence-corrected chi connectivity index (χ4v) is 2.97. The van der Waals surface area contributed by atoms with Crippen molar-refractivity contribution in [2.24, 2.45) is 0 Å². The van der Waals surface area contributed by atoms with E-state index in [1.54, 1.807) is 22.6 Å². The maximum absolute atomic E-state index is 12.5. The maximum Gasteiger partial charge on any atom is 0.293 e. The number of carbonyl (C=O) groups is 1. The monoisotopic (exact) mass is 320 g/mol. The number of hydrogen-bond acceptors (Lipinski definition) is 4. The summed E-state index contributed by atoms with van der Waals surface area (Å²) in [5.41, 5.74) is 0.688. The normalized spacial score (nSPS) is 18.0. The molecule has 1 aliphatic rings. The Hall–Kier alpha value is -1.92. The van der Waals surface area contributed by atoms with E-state index in [0.717, 1.165) is 12.8 Å². The smallest absolute Gasteiger partial charge is 0.293 e. The van der Waals surface area contributed by atoms with Crippen molar-refractivity contribution < 1.29 is 9.90 Å². The minimum absolute atomic E-state index is 0.0318. The zero-order valence-corrected chi connectivity index (χ0v) is 13.0. The quantitative estimate of drug-likeness (QED) is 0.936. The van der Waals surface area contributed by atoms with Crippen LogP contribution in [0.5, 0.6) is 0 Å². The highest BCUT2D eigenvalue weighted by atomic mass is 35.5. The van der Waals surface area contributed by atoms with E-state index < -0.39 is 0 Å². The average molecular weight is 321 g/mol. The van der Waals surface area contributed by atoms with Crippen LogP contribution in [0.15, 0.2) is 24.3 Å². The second-order valence-electron chi connectivity index (χ2n) is 5.32. The Morgan fingerprint density at radius 1 is 1.45 bits per heavy atom. The van der Waals surface area contributed by atoms with Crippen LogP contribution in [0.25, 0.3) is 5.69 Å². The van der Waals surface area contributed by atoms with Gasteiger partial charge in [-0.1, -0.05) is 23.7 Å². The number of amides is 1. The number of aliphatic hydroxyl groups excluding tert-OH is 1. The fraction of sp³-hybridized carbons (Fsp3) is 0.400. The van der Waals surface area contributed by atoms with Crippen LogP contribution in [0.1, 0.15) is 29.3 Å². The summed E-state index contributed by atoms with van der Waals surface area (Å²) in [4.78, 5) is 18.4. The molecule has 1 amide bonds. The number of likely N-dealkylation sites (tertiary alicyclic amines) is 1. The van der Waals surface area contributed by atoms with Crippen molar-refractivity contribution in [3.05, 3.63) is 40.9 Å². The van der Waals surface area contributed by atoms with E-state index in [1.807, 2.05) is 18.2 Å². The van der Waals surface area contributed by atoms with Gasteiger partial charge in [-0.3, -0.25) is 4.79 Å². The van der Waals surface area contributed by atoms with Crippen LogP contribution in [-0.2, 0) is 0 Å². The Kier molecular flexibility index (Phi) is 4.13. The number of carbonyl (C=O) groups excluding carboxylic acids is 1. The lowest BCUT2D eigenvalue weighted by molar-refractivity contribution is 0.0665. The number of benzene rings is 1. The van der Waals surface area contributed by atoms with E-state index in [2.05, 4.69) is 10.1 Å². The summed E-state index contributed by atoms with van der Waals surface area (Å²) in [5, 5.41) is 14.2. The Morgan fingerprint density at radius 3 is 2.95 bits per heavy atom. The third-order valence-corrected chi connectivity index (χ3v) is 4.21. The first-order valence-electron chi connectivity index (χ1n) is 7.22. The summed E-state index contributed by atoms with van der Waals surface area (Å²) in [5.74, 6) is 0.486. The summed E-state index contributed by atoms with van der Waals surface area (Å²) in [6, 6.07) is 7.14. The molecule has 1 aromatic carbocycles. The van der Waals surface area contributed by atoms with Crippen LogP contribution in [0.3, 0.4) is 0 Å². The number of aromatic nitrogens is 3. The average Bonchev–Trinajstić information content (AvgIpc) is 3.13. The molecule has 0 aliphatic carbocycles. The summed E-state index contributed by atoms with van der Waals surface area (Å²) >= 11 is 6.18. The number of aliphatic hydroxyl groups is 1. The minimum atomic E-state index is -0.245. The number of nitrogens with zero attached hydrogens (tertiary/aromatic N) is 4. The van der Waals surface area contributed by atoms with Crippen LogP contribution < -0.4 is 0 Å². The third kappa shape index (κ3) is 2.60. The minimum Gasteiger partial charge on any atom is -0.394 e. The summed E-state index contributed by atoms with van der Waals surface area (Å²) < 4.78 is 1.57. The lowest BCUT2D eigenvalue weighted by atomic mass is 10.2. The zero-order chi connectivity index (χ0) is 15.7. The van der Waals surface area contributed by atoms with Gasteiger partial charge in [0.15, 0.2) is 0 Å². The Labute approximate surface area is 133 Å². The molecule has 1 saturated heterocycles. The van der Waals surface area contributed by atoms with Gasteiger partial charge in [0.1, 0.15) is 5.82 Å². The Morgan fingerprint density at radius 2 is 2.23 bits per heavy atom. The highest BCUT2D eigenvalue weighted by Gasteiger charge is 2.31. The first kappa shape index (κ1) is 15.0. The first-order valence-corrected chi connectivity index (χ1v) is 7.60. The number of rotatable bonds is 3. The molecular weight excluding hydrogens is 304 g/mol. The van der Waals surface area contributed by atoms with Crippen molar-refractivity contribution in [1.29, 1.82) is 0 Å². The molecule has 6 nitrogen and oxygen atoms in total. The summed E-state index contributed by atoms with van der Waals surface area (Å²) in [7, 11) is 0. The molecule has 0 saturated carbocycles. The molecule has 7 heteroatoms. The van der Waals surface area contributed by atoms with E-state index in [9.17, 15) is 9.90 Å². The van der Waals surface area contributed by atoms with Gasteiger partial charge < -0.3 is 10.0 Å². The number of aryl methyl sites for hydroxylation is 1. The SMILES string of the molecule is Cc1nc(C(=O)N2CCC[C@@H]2CO)nn1-c1ccccc1Cl. The number of para-hydroxylation sites is 1. The molecule has 116 valence electrons. The second-order valence-corrected chi connectivity index (χ2v) is 5.73. The van der Waals surface area contributed by atoms with Crippen LogP contribution in [0, 0.1) is 6.92 Å². The van der Waals surface area contributed by atoms with Gasteiger partial charge >= 0.3 is 0 Å². The zero-order valence-electron chi connectivity index (χ0n) is 12.2. The predicted octanol–water partition coefficient (Wildman–Crippen LogP) is 1.83. The molecular formula is C15H17ClN4O2. The highest BCUT2D eigenvalue weighted by Crippen LogP contribution is 2.22. The van der Waals surface area contributed by atoms with Crippen molar-refractivity contribution in [3.8, 4) is 5.69 Å². The molecule has 1 aliphatic heterocycles. The van der Waals surface area contributed by atoms with E-state index >= 15 is 0 Å². The van der Waals surface area contributed by atoms with E-state index in [0.29, 0.717) is 23.1 Å². The van der Waals surface area contributed by atoms with Gasteiger partial charge in [0, 0.05) is 6.54 Å². The lowest BCUT2D eigenvalue weighted by Crippen LogP contribution is -2.38. The van der Waals surface area contributed by atoms with Gasteiger partial charge in [-0.05, 0) is 31.9 Å². The Bertz CT molecular complexity index is 701. The van der Waals surface area contributed by atoms with E-state index in [-0.39, 0.29) is 24.4 Å². The van der Waals surface area contributed by atoms with Gasteiger partial charge in [0.05, 0.1) is 23.4 Å². The number of halogens is 1. The maximum atomic E-state index is 12.5. The van der Waals surface area contributed by atoms with E-state index in [4.69, 9.17) is 11.6 Å². The molecule has 0 unspecified atom stereocenters. The molecule has 1 aromatic heterocycles. The van der Waals surface area contributed by atoms with Gasteiger partial charge in [-0.15, -0.1) is 5.10 Å². The van der Waals surface area contributed by atoms with Crippen molar-refractivity contribution in [2.75, 3.05) is 13.2 Å². The molecule has 0 spiro atoms. The lowest BCUT2D eigenvalue weighted by Gasteiger charge is -2.21. The molecule has 2 heterocycles. The highest BCUT2D eigenvalue weighted by molar-refractivity contribution is 6.32. The van der Waals surface area contributed by atoms with Gasteiger partial charge in [0.2, 0.25) is 5.82 Å². The predicted molar refractivity (Wildman–Crippen MR) is 82.3 cm³/mol. The third-order valence-electron chi connectivity index (χ3n) is 3.89. The molecule has 1 fully saturated rings. The van der Waals surface area contributed by atoms with Crippen LogP contribution in [0.2, 0.25) is 5.02 Å². The van der Waals surface area contributed by atoms with Crippen LogP contribution >= 0.6 is 11.6 Å². The fourth-order valence-electron chi connectivity index (χ4n) is 2.75. The van der Waals surface area contributed by atoms with Gasteiger partial charge in [-0.25, -0.2) is 9.67 Å². The number of hydrogen-bond donors (Lipinski definition) is 1. The van der Waals surface area contributed by atoms with Gasteiger partial charge in [-0.2, -0.15) is 0 Å². The van der Waals surface area contributed by atoms with Crippen LogP contribution in [0.4, 0.5) is 0 Å². The van der Waals surface area contributed by atoms with E-state index in [1.165, 1.54) is 0 Å². The van der Waals surface area contributed by atoms with Gasteiger partial charge in [0.25, 0.3) is 5.91 Å². The second kappa shape index (κ2) is 6.06. The molecule has 0 radical (unpaired) electrons. The molecule has 1 N–H and O–H groups in total. The van der Waals surface area contributed by atoms with Crippen LogP contribution in [-0.4, -0.2) is 49.9 Å². The summed E-state index contributed by atoms with van der Waals surface area (Å²) in [6.45, 7) is 2.38. The Balaban J connectivity index is 1.92. The molecule has 2 aromatic rings. The molecule has 0 bridgehead atoms. The summed E-state index contributed by atoms with van der Waals surface area (Å²) in [6.07, 6.45) is 1.70. The topological polar surface area (TPSA) is 71.2 Å². The molecule has 3 rings (SSSR count). The first-order chi connectivity index (χ1) is 10.6. The van der Waals surface area contributed by atoms with Crippen molar-refractivity contribution >= 4 is 17.5 Å². The van der Waals surface area contributed by atoms with Crippen molar-refractivity contribution in [2.45, 2.75) is 25.8 Å². The van der Waals surface area contributed by atoms with Crippen molar-refractivity contribution in [1.82, 2.24) is 19.7 Å². The largest absolute Gasteiger partial charge is 0.394 e.